The minimum Gasteiger partial charge on any atom is -0.497 e. The average Bonchev–Trinajstić information content (AvgIpc) is 2.74. The fourth-order valence-electron chi connectivity index (χ4n) is 4.18. The minimum absolute atomic E-state index is 0.170. The van der Waals surface area contributed by atoms with Crippen molar-refractivity contribution in [2.45, 2.75) is 44.7 Å². The van der Waals surface area contributed by atoms with Crippen LogP contribution in [0.1, 0.15) is 32.6 Å². The van der Waals surface area contributed by atoms with Gasteiger partial charge in [0.2, 0.25) is 0 Å². The van der Waals surface area contributed by atoms with Crippen LogP contribution in [0.4, 0.5) is 10.5 Å². The van der Waals surface area contributed by atoms with Crippen LogP contribution in [-0.4, -0.2) is 75.0 Å². The molecule has 1 amide bonds. The van der Waals surface area contributed by atoms with E-state index < -0.39 is 0 Å². The van der Waals surface area contributed by atoms with Crippen LogP contribution in [-0.2, 0) is 4.74 Å². The van der Waals surface area contributed by atoms with Crippen LogP contribution in [0, 0.1) is 0 Å². The smallest absolute Gasteiger partial charge is 0.409 e. The molecule has 0 aliphatic carbocycles. The van der Waals surface area contributed by atoms with Gasteiger partial charge in [0.25, 0.3) is 0 Å². The molecule has 28 heavy (non-hydrogen) atoms. The van der Waals surface area contributed by atoms with E-state index in [-0.39, 0.29) is 6.09 Å². The third-order valence-corrected chi connectivity index (χ3v) is 5.80. The topological polar surface area (TPSA) is 63.3 Å². The number of ether oxygens (including phenoxy) is 3. The third-order valence-electron chi connectivity index (χ3n) is 5.80. The lowest BCUT2D eigenvalue weighted by Crippen LogP contribution is -2.50. The van der Waals surface area contributed by atoms with Crippen molar-refractivity contribution < 1.29 is 19.0 Å². The molecule has 2 saturated heterocycles. The summed E-state index contributed by atoms with van der Waals surface area (Å²) in [4.78, 5) is 16.3. The van der Waals surface area contributed by atoms with Crippen LogP contribution < -0.4 is 14.8 Å². The van der Waals surface area contributed by atoms with Crippen molar-refractivity contribution >= 4 is 11.8 Å². The number of amides is 1. The molecule has 3 rings (SSSR count). The Bertz CT molecular complexity index is 639. The largest absolute Gasteiger partial charge is 0.497 e. The van der Waals surface area contributed by atoms with E-state index in [0.717, 1.165) is 69.0 Å². The van der Waals surface area contributed by atoms with E-state index in [0.29, 0.717) is 18.7 Å². The van der Waals surface area contributed by atoms with E-state index in [9.17, 15) is 4.79 Å². The Morgan fingerprint density at radius 2 is 1.79 bits per heavy atom. The first-order chi connectivity index (χ1) is 13.6. The monoisotopic (exact) mass is 391 g/mol. The number of methoxy groups -OCH3 is 2. The zero-order chi connectivity index (χ0) is 19.9. The first-order valence-corrected chi connectivity index (χ1v) is 10.3. The molecule has 0 bridgehead atoms. The molecule has 2 fully saturated rings. The summed E-state index contributed by atoms with van der Waals surface area (Å²) in [6, 6.07) is 6.84. The summed E-state index contributed by atoms with van der Waals surface area (Å²) in [5, 5.41) is 3.63. The second kappa shape index (κ2) is 9.87. The molecule has 7 nitrogen and oxygen atoms in total. The van der Waals surface area contributed by atoms with Crippen molar-refractivity contribution in [2.75, 3.05) is 52.3 Å². The van der Waals surface area contributed by atoms with Crippen molar-refractivity contribution in [3.8, 4) is 11.5 Å². The van der Waals surface area contributed by atoms with E-state index in [1.165, 1.54) is 0 Å². The molecule has 2 aliphatic heterocycles. The fourth-order valence-corrected chi connectivity index (χ4v) is 4.18. The predicted octanol–water partition coefficient (Wildman–Crippen LogP) is 3.20. The van der Waals surface area contributed by atoms with Gasteiger partial charge in [-0.1, -0.05) is 0 Å². The lowest BCUT2D eigenvalue weighted by atomic mass is 9.97. The number of carbonyl (C=O) groups excluding carboxylic acids is 1. The molecule has 1 aromatic carbocycles. The average molecular weight is 392 g/mol. The van der Waals surface area contributed by atoms with Gasteiger partial charge in [-0.2, -0.15) is 0 Å². The Morgan fingerprint density at radius 3 is 2.39 bits per heavy atom. The molecule has 7 heteroatoms. The molecule has 0 radical (unpaired) electrons. The molecular weight excluding hydrogens is 358 g/mol. The number of hydrogen-bond donors (Lipinski definition) is 1. The van der Waals surface area contributed by atoms with Gasteiger partial charge in [0.1, 0.15) is 11.5 Å². The summed E-state index contributed by atoms with van der Waals surface area (Å²) in [7, 11) is 3.37. The fraction of sp³-hybridized carbons (Fsp3) is 0.667. The number of likely N-dealkylation sites (tertiary alicyclic amines) is 2. The maximum absolute atomic E-state index is 11.9. The zero-order valence-electron chi connectivity index (χ0n) is 17.3. The van der Waals surface area contributed by atoms with Gasteiger partial charge in [0.05, 0.1) is 26.5 Å². The van der Waals surface area contributed by atoms with Crippen LogP contribution in [0.2, 0.25) is 0 Å². The molecule has 0 unspecified atom stereocenters. The second-order valence-electron chi connectivity index (χ2n) is 7.44. The minimum atomic E-state index is -0.170. The first-order valence-electron chi connectivity index (χ1n) is 10.3. The summed E-state index contributed by atoms with van der Waals surface area (Å²) in [5.41, 5.74) is 0.989. The van der Waals surface area contributed by atoms with Crippen LogP contribution in [0.15, 0.2) is 18.2 Å². The van der Waals surface area contributed by atoms with E-state index in [4.69, 9.17) is 14.2 Å². The molecule has 0 spiro atoms. The standard InChI is InChI=1S/C21H33N3O4/c1-4-28-21(25)24-13-9-17(10-14-24)23-11-7-16(8-12-23)22-19-15-18(26-2)5-6-20(19)27-3/h5-6,15-17,22H,4,7-14H2,1-3H3. The number of benzene rings is 1. The molecular formula is C21H33N3O4. The molecule has 0 atom stereocenters. The highest BCUT2D eigenvalue weighted by atomic mass is 16.6. The molecule has 1 N–H and O–H groups in total. The van der Waals surface area contributed by atoms with Crippen LogP contribution >= 0.6 is 0 Å². The van der Waals surface area contributed by atoms with Crippen molar-refractivity contribution in [3.05, 3.63) is 18.2 Å². The third kappa shape index (κ3) is 5.01. The SMILES string of the molecule is CCOC(=O)N1CCC(N2CCC(Nc3cc(OC)ccc3OC)CC2)CC1. The van der Waals surface area contributed by atoms with Crippen molar-refractivity contribution in [1.82, 2.24) is 9.80 Å². The summed E-state index contributed by atoms with van der Waals surface area (Å²) < 4.78 is 15.9. The van der Waals surface area contributed by atoms with Gasteiger partial charge < -0.3 is 29.3 Å². The summed E-state index contributed by atoms with van der Waals surface area (Å²) in [6.07, 6.45) is 4.08. The Morgan fingerprint density at radius 1 is 1.07 bits per heavy atom. The number of piperidine rings is 2. The summed E-state index contributed by atoms with van der Waals surface area (Å²) >= 11 is 0. The van der Waals surface area contributed by atoms with E-state index in [2.05, 4.69) is 10.2 Å². The van der Waals surface area contributed by atoms with Crippen LogP contribution in [0.25, 0.3) is 0 Å². The number of nitrogens with zero attached hydrogens (tertiary/aromatic N) is 2. The van der Waals surface area contributed by atoms with Gasteiger partial charge in [-0.05, 0) is 44.7 Å². The highest BCUT2D eigenvalue weighted by Gasteiger charge is 2.30. The molecule has 156 valence electrons. The summed E-state index contributed by atoms with van der Waals surface area (Å²) in [5.74, 6) is 1.67. The van der Waals surface area contributed by atoms with Gasteiger partial charge in [-0.3, -0.25) is 0 Å². The molecule has 0 saturated carbocycles. The highest BCUT2D eigenvalue weighted by molar-refractivity contribution is 5.67. The van der Waals surface area contributed by atoms with Crippen LogP contribution in [0.3, 0.4) is 0 Å². The van der Waals surface area contributed by atoms with Crippen molar-refractivity contribution in [3.63, 3.8) is 0 Å². The zero-order valence-corrected chi connectivity index (χ0v) is 17.3. The predicted molar refractivity (Wildman–Crippen MR) is 109 cm³/mol. The highest BCUT2D eigenvalue weighted by Crippen LogP contribution is 2.31. The number of hydrogen-bond acceptors (Lipinski definition) is 6. The molecule has 0 aromatic heterocycles. The van der Waals surface area contributed by atoms with Gasteiger partial charge in [0.15, 0.2) is 0 Å². The van der Waals surface area contributed by atoms with Crippen molar-refractivity contribution in [1.29, 1.82) is 0 Å². The maximum atomic E-state index is 11.9. The van der Waals surface area contributed by atoms with Gasteiger partial charge in [0, 0.05) is 44.3 Å². The second-order valence-corrected chi connectivity index (χ2v) is 7.44. The number of carbonyl (C=O) groups is 1. The quantitative estimate of drug-likeness (QED) is 0.803. The van der Waals surface area contributed by atoms with Crippen LogP contribution in [0.5, 0.6) is 11.5 Å². The molecule has 2 heterocycles. The number of anilines is 1. The number of nitrogens with one attached hydrogen (secondary N) is 1. The summed E-state index contributed by atoms with van der Waals surface area (Å²) in [6.45, 7) is 6.04. The Labute approximate surface area is 167 Å². The van der Waals surface area contributed by atoms with E-state index >= 15 is 0 Å². The van der Waals surface area contributed by atoms with Gasteiger partial charge >= 0.3 is 6.09 Å². The van der Waals surface area contributed by atoms with E-state index in [1.54, 1.807) is 14.2 Å². The molecule has 1 aromatic rings. The Balaban J connectivity index is 1.47. The number of rotatable bonds is 6. The first kappa shape index (κ1) is 20.6. The normalized spacial score (nSPS) is 19.3. The van der Waals surface area contributed by atoms with Gasteiger partial charge in [-0.15, -0.1) is 0 Å². The molecule has 2 aliphatic rings. The maximum Gasteiger partial charge on any atom is 0.409 e. The lowest BCUT2D eigenvalue weighted by molar-refractivity contribution is 0.0674. The Hall–Kier alpha value is -2.15. The van der Waals surface area contributed by atoms with Crippen molar-refractivity contribution in [2.24, 2.45) is 0 Å². The van der Waals surface area contributed by atoms with Gasteiger partial charge in [-0.25, -0.2) is 4.79 Å². The Kier molecular flexibility index (Phi) is 7.25. The lowest BCUT2D eigenvalue weighted by Gasteiger charge is -2.41. The van der Waals surface area contributed by atoms with E-state index in [1.807, 2.05) is 30.0 Å².